The van der Waals surface area contributed by atoms with Crippen LogP contribution < -0.4 is 5.32 Å². The minimum atomic E-state index is 0.0379. The van der Waals surface area contributed by atoms with E-state index in [9.17, 15) is 0 Å². The highest BCUT2D eigenvalue weighted by Crippen LogP contribution is 2.11. The van der Waals surface area contributed by atoms with Crippen molar-refractivity contribution in [3.8, 4) is 0 Å². The maximum Gasteiger partial charge on any atom is 0.203 e. The maximum absolute atomic E-state index is 5.02. The summed E-state index contributed by atoms with van der Waals surface area (Å²) in [5.41, 5.74) is 0.0379. The van der Waals surface area contributed by atoms with Gasteiger partial charge in [-0.2, -0.15) is 0 Å². The number of rotatable bonds is 4. The lowest BCUT2D eigenvalue weighted by atomic mass is 10.1. The maximum atomic E-state index is 5.02. The van der Waals surface area contributed by atoms with Crippen molar-refractivity contribution in [2.24, 2.45) is 0 Å². The van der Waals surface area contributed by atoms with Gasteiger partial charge in [0.05, 0.1) is 6.61 Å². The highest BCUT2D eigenvalue weighted by Gasteiger charge is 2.12. The molecule has 0 saturated carbocycles. The van der Waals surface area contributed by atoms with Crippen LogP contribution in [0.3, 0.4) is 0 Å². The molecule has 0 radical (unpaired) electrons. The number of methoxy groups -OCH3 is 1. The van der Waals surface area contributed by atoms with Crippen LogP contribution in [0.15, 0.2) is 12.4 Å². The summed E-state index contributed by atoms with van der Waals surface area (Å²) in [6.45, 7) is 7.87. The molecule has 1 rings (SSSR count). The third-order valence-electron chi connectivity index (χ3n) is 1.74. The third kappa shape index (κ3) is 3.38. The Bertz CT molecular complexity index is 275. The standard InChI is InChI=1S/C10H19N3O/c1-10(2,3)12-9-11-5-6-13(9)7-8-14-4/h5-6H,7-8H2,1-4H3,(H,11,12). The molecule has 80 valence electrons. The fraction of sp³-hybridized carbons (Fsp3) is 0.700. The average Bonchev–Trinajstić information content (AvgIpc) is 2.45. The van der Waals surface area contributed by atoms with E-state index in [2.05, 4.69) is 35.6 Å². The van der Waals surface area contributed by atoms with Gasteiger partial charge in [-0.1, -0.05) is 0 Å². The Morgan fingerprint density at radius 3 is 2.79 bits per heavy atom. The summed E-state index contributed by atoms with van der Waals surface area (Å²) in [6, 6.07) is 0. The number of aromatic nitrogens is 2. The number of imidazole rings is 1. The monoisotopic (exact) mass is 197 g/mol. The minimum Gasteiger partial charge on any atom is -0.383 e. The lowest BCUT2D eigenvalue weighted by Gasteiger charge is -2.21. The van der Waals surface area contributed by atoms with Gasteiger partial charge < -0.3 is 14.6 Å². The van der Waals surface area contributed by atoms with Crippen molar-refractivity contribution in [2.75, 3.05) is 19.0 Å². The first-order valence-electron chi connectivity index (χ1n) is 4.81. The second kappa shape index (κ2) is 4.46. The van der Waals surface area contributed by atoms with Gasteiger partial charge in [-0.25, -0.2) is 4.98 Å². The fourth-order valence-electron chi connectivity index (χ4n) is 1.14. The van der Waals surface area contributed by atoms with Crippen LogP contribution in [0, 0.1) is 0 Å². The van der Waals surface area contributed by atoms with E-state index in [1.165, 1.54) is 0 Å². The van der Waals surface area contributed by atoms with Gasteiger partial charge in [0.2, 0.25) is 5.95 Å². The Morgan fingerprint density at radius 2 is 2.21 bits per heavy atom. The summed E-state index contributed by atoms with van der Waals surface area (Å²) in [7, 11) is 1.70. The van der Waals surface area contributed by atoms with E-state index in [4.69, 9.17) is 4.74 Å². The highest BCUT2D eigenvalue weighted by molar-refractivity contribution is 5.29. The second-order valence-electron chi connectivity index (χ2n) is 4.31. The predicted molar refractivity (Wildman–Crippen MR) is 57.5 cm³/mol. The highest BCUT2D eigenvalue weighted by atomic mass is 16.5. The molecule has 0 fully saturated rings. The van der Waals surface area contributed by atoms with Crippen LogP contribution in [0.1, 0.15) is 20.8 Å². The third-order valence-corrected chi connectivity index (χ3v) is 1.74. The zero-order valence-corrected chi connectivity index (χ0v) is 9.37. The van der Waals surface area contributed by atoms with Crippen molar-refractivity contribution in [3.05, 3.63) is 12.4 Å². The van der Waals surface area contributed by atoms with Gasteiger partial charge in [0, 0.05) is 31.6 Å². The molecule has 4 heteroatoms. The number of ether oxygens (including phenoxy) is 1. The van der Waals surface area contributed by atoms with Gasteiger partial charge in [-0.15, -0.1) is 0 Å². The SMILES string of the molecule is COCCn1ccnc1NC(C)(C)C. The van der Waals surface area contributed by atoms with Crippen LogP contribution in [0.25, 0.3) is 0 Å². The molecule has 0 bridgehead atoms. The van der Waals surface area contributed by atoms with Gasteiger partial charge in [0.25, 0.3) is 0 Å². The van der Waals surface area contributed by atoms with Gasteiger partial charge in [-0.3, -0.25) is 0 Å². The van der Waals surface area contributed by atoms with Crippen LogP contribution in [-0.2, 0) is 11.3 Å². The van der Waals surface area contributed by atoms with E-state index < -0.39 is 0 Å². The molecular formula is C10H19N3O. The molecule has 0 saturated heterocycles. The summed E-state index contributed by atoms with van der Waals surface area (Å²) in [4.78, 5) is 4.25. The lowest BCUT2D eigenvalue weighted by Crippen LogP contribution is -2.28. The van der Waals surface area contributed by atoms with E-state index in [1.54, 1.807) is 13.3 Å². The van der Waals surface area contributed by atoms with Crippen LogP contribution >= 0.6 is 0 Å². The molecule has 1 aromatic rings. The normalized spacial score (nSPS) is 11.7. The number of nitrogens with one attached hydrogen (secondary N) is 1. The Labute approximate surface area is 85.3 Å². The number of hydrogen-bond donors (Lipinski definition) is 1. The molecule has 0 aliphatic rings. The molecule has 0 aliphatic carbocycles. The van der Waals surface area contributed by atoms with Gasteiger partial charge in [0.15, 0.2) is 0 Å². The average molecular weight is 197 g/mol. The molecule has 1 N–H and O–H groups in total. The van der Waals surface area contributed by atoms with E-state index in [0.717, 1.165) is 12.5 Å². The first-order valence-corrected chi connectivity index (χ1v) is 4.81. The summed E-state index contributed by atoms with van der Waals surface area (Å²) in [6.07, 6.45) is 3.75. The number of nitrogens with zero attached hydrogens (tertiary/aromatic N) is 2. The van der Waals surface area contributed by atoms with Gasteiger partial charge in [-0.05, 0) is 20.8 Å². The van der Waals surface area contributed by atoms with Crippen molar-refractivity contribution >= 4 is 5.95 Å². The Morgan fingerprint density at radius 1 is 1.50 bits per heavy atom. The largest absolute Gasteiger partial charge is 0.383 e. The fourth-order valence-corrected chi connectivity index (χ4v) is 1.14. The van der Waals surface area contributed by atoms with Crippen molar-refractivity contribution in [3.63, 3.8) is 0 Å². The van der Waals surface area contributed by atoms with Crippen molar-refractivity contribution in [1.29, 1.82) is 0 Å². The van der Waals surface area contributed by atoms with E-state index >= 15 is 0 Å². The predicted octanol–water partition coefficient (Wildman–Crippen LogP) is 1.74. The molecule has 14 heavy (non-hydrogen) atoms. The number of hydrogen-bond acceptors (Lipinski definition) is 3. The van der Waals surface area contributed by atoms with Gasteiger partial charge in [0.1, 0.15) is 0 Å². The Kier molecular flexibility index (Phi) is 3.52. The van der Waals surface area contributed by atoms with Crippen LogP contribution in [-0.4, -0.2) is 28.8 Å². The quantitative estimate of drug-likeness (QED) is 0.799. The topological polar surface area (TPSA) is 39.1 Å². The van der Waals surface area contributed by atoms with Crippen molar-refractivity contribution < 1.29 is 4.74 Å². The molecule has 1 heterocycles. The molecule has 0 atom stereocenters. The first-order chi connectivity index (χ1) is 6.53. The van der Waals surface area contributed by atoms with E-state index in [1.807, 2.05) is 6.20 Å². The zero-order valence-electron chi connectivity index (χ0n) is 9.37. The van der Waals surface area contributed by atoms with Crippen molar-refractivity contribution in [2.45, 2.75) is 32.9 Å². The second-order valence-corrected chi connectivity index (χ2v) is 4.31. The summed E-state index contributed by atoms with van der Waals surface area (Å²) < 4.78 is 7.07. The molecule has 4 nitrogen and oxygen atoms in total. The van der Waals surface area contributed by atoms with E-state index in [0.29, 0.717) is 6.61 Å². The molecule has 0 unspecified atom stereocenters. The first kappa shape index (κ1) is 11.0. The van der Waals surface area contributed by atoms with E-state index in [-0.39, 0.29) is 5.54 Å². The smallest absolute Gasteiger partial charge is 0.203 e. The summed E-state index contributed by atoms with van der Waals surface area (Å²) in [5.74, 6) is 0.898. The zero-order chi connectivity index (χ0) is 10.6. The molecule has 0 aliphatic heterocycles. The Balaban J connectivity index is 2.63. The van der Waals surface area contributed by atoms with Crippen LogP contribution in [0.4, 0.5) is 5.95 Å². The van der Waals surface area contributed by atoms with Crippen LogP contribution in [0.2, 0.25) is 0 Å². The summed E-state index contributed by atoms with van der Waals surface area (Å²) >= 11 is 0. The molecule has 1 aromatic heterocycles. The number of anilines is 1. The van der Waals surface area contributed by atoms with Crippen molar-refractivity contribution in [1.82, 2.24) is 9.55 Å². The minimum absolute atomic E-state index is 0.0379. The molecule has 0 aromatic carbocycles. The molecular weight excluding hydrogens is 178 g/mol. The van der Waals surface area contributed by atoms with Crippen LogP contribution in [0.5, 0.6) is 0 Å². The molecule has 0 spiro atoms. The lowest BCUT2D eigenvalue weighted by molar-refractivity contribution is 0.187. The summed E-state index contributed by atoms with van der Waals surface area (Å²) in [5, 5.41) is 3.33. The Hall–Kier alpha value is -1.03. The molecule has 0 amide bonds. The van der Waals surface area contributed by atoms with Gasteiger partial charge >= 0.3 is 0 Å².